The summed E-state index contributed by atoms with van der Waals surface area (Å²) >= 11 is 0. The Hall–Kier alpha value is -1.45. The first kappa shape index (κ1) is 12.0. The molecule has 17 heavy (non-hydrogen) atoms. The molecule has 7 N–H and O–H groups in total. The lowest BCUT2D eigenvalue weighted by atomic mass is 10.2. The predicted molar refractivity (Wildman–Crippen MR) is 58.3 cm³/mol. The van der Waals surface area contributed by atoms with E-state index in [1.54, 1.807) is 6.07 Å². The Balaban J connectivity index is 2.24. The zero-order valence-corrected chi connectivity index (χ0v) is 8.91. The van der Waals surface area contributed by atoms with Crippen LogP contribution in [-0.2, 0) is 0 Å². The lowest BCUT2D eigenvalue weighted by molar-refractivity contribution is -0.292. The minimum Gasteiger partial charge on any atom is -0.384 e. The van der Waals surface area contributed by atoms with Crippen LogP contribution in [0.4, 0.5) is 11.5 Å². The number of anilines is 2. The Morgan fingerprint density at radius 3 is 2.24 bits per heavy atom. The number of rotatable bonds is 1. The zero-order chi connectivity index (χ0) is 12.7. The van der Waals surface area contributed by atoms with E-state index in [0.717, 1.165) is 0 Å². The van der Waals surface area contributed by atoms with E-state index in [1.807, 2.05) is 5.32 Å². The fourth-order valence-corrected chi connectivity index (χ4v) is 1.75. The molecule has 0 radical (unpaired) electrons. The second kappa shape index (κ2) is 3.79. The first-order valence-electron chi connectivity index (χ1n) is 4.93. The third-order valence-corrected chi connectivity index (χ3v) is 2.36. The maximum Gasteiger partial charge on any atom is 0.245 e. The SMILES string of the molecule is Nc1ccc(N2CC(O)(O)NC(O)(O)C2)cn1. The summed E-state index contributed by atoms with van der Waals surface area (Å²) in [6, 6.07) is 3.13. The molecule has 2 heterocycles. The van der Waals surface area contributed by atoms with Gasteiger partial charge in [-0.1, -0.05) is 0 Å². The number of β-amino-alcohol motifs (C(OH)–C–C–N with tert-alkyl or cyclic N) is 4. The van der Waals surface area contributed by atoms with Gasteiger partial charge in [0.05, 0.1) is 25.0 Å². The van der Waals surface area contributed by atoms with Crippen LogP contribution in [0.15, 0.2) is 18.3 Å². The molecule has 94 valence electrons. The number of aliphatic hydroxyl groups is 4. The van der Waals surface area contributed by atoms with Gasteiger partial charge in [-0.05, 0) is 12.1 Å². The van der Waals surface area contributed by atoms with Crippen LogP contribution < -0.4 is 16.0 Å². The predicted octanol–water partition coefficient (Wildman–Crippen LogP) is -2.65. The average molecular weight is 242 g/mol. The minimum atomic E-state index is -2.40. The first-order chi connectivity index (χ1) is 7.77. The minimum absolute atomic E-state index is 0.235. The average Bonchev–Trinajstić information content (AvgIpc) is 2.13. The molecule has 1 saturated heterocycles. The summed E-state index contributed by atoms with van der Waals surface area (Å²) in [5.74, 6) is -4.48. The van der Waals surface area contributed by atoms with Crippen LogP contribution in [0.3, 0.4) is 0 Å². The highest BCUT2D eigenvalue weighted by molar-refractivity contribution is 5.48. The number of piperazine rings is 1. The fraction of sp³-hybridized carbons (Fsp3) is 0.444. The number of nitrogens with zero attached hydrogens (tertiary/aromatic N) is 2. The second-order valence-electron chi connectivity index (χ2n) is 4.06. The van der Waals surface area contributed by atoms with Gasteiger partial charge in [0.2, 0.25) is 11.8 Å². The topological polar surface area (TPSA) is 135 Å². The van der Waals surface area contributed by atoms with Gasteiger partial charge in [-0.3, -0.25) is 0 Å². The molecule has 0 aliphatic carbocycles. The molecule has 8 heteroatoms. The number of hydrogen-bond donors (Lipinski definition) is 6. The van der Waals surface area contributed by atoms with E-state index in [4.69, 9.17) is 5.73 Å². The lowest BCUT2D eigenvalue weighted by Crippen LogP contribution is -2.71. The summed E-state index contributed by atoms with van der Waals surface area (Å²) in [5.41, 5.74) is 5.92. The smallest absolute Gasteiger partial charge is 0.245 e. The summed E-state index contributed by atoms with van der Waals surface area (Å²) in [7, 11) is 0. The molecule has 0 unspecified atom stereocenters. The van der Waals surface area contributed by atoms with Gasteiger partial charge in [0.1, 0.15) is 5.82 Å². The van der Waals surface area contributed by atoms with Gasteiger partial charge in [0.15, 0.2) is 0 Å². The van der Waals surface area contributed by atoms with Gasteiger partial charge >= 0.3 is 0 Å². The highest BCUT2D eigenvalue weighted by atomic mass is 16.6. The van der Waals surface area contributed by atoms with Crippen LogP contribution in [0.25, 0.3) is 0 Å². The van der Waals surface area contributed by atoms with Crippen molar-refractivity contribution >= 4 is 11.5 Å². The van der Waals surface area contributed by atoms with E-state index in [0.29, 0.717) is 11.5 Å². The first-order valence-corrected chi connectivity index (χ1v) is 4.93. The van der Waals surface area contributed by atoms with E-state index >= 15 is 0 Å². The number of nitrogens with two attached hydrogens (primary N) is 1. The van der Waals surface area contributed by atoms with Crippen LogP contribution in [0.2, 0.25) is 0 Å². The third kappa shape index (κ3) is 2.81. The van der Waals surface area contributed by atoms with Gasteiger partial charge in [-0.25, -0.2) is 10.3 Å². The highest BCUT2D eigenvalue weighted by Crippen LogP contribution is 2.21. The molecular formula is C9H14N4O4. The summed E-state index contributed by atoms with van der Waals surface area (Å²) in [5, 5.41) is 39.6. The van der Waals surface area contributed by atoms with E-state index in [1.165, 1.54) is 17.2 Å². The Bertz CT molecular complexity index is 390. The van der Waals surface area contributed by atoms with Crippen molar-refractivity contribution in [1.29, 1.82) is 0 Å². The summed E-state index contributed by atoms with van der Waals surface area (Å²) < 4.78 is 0. The molecule has 1 fully saturated rings. The van der Waals surface area contributed by atoms with E-state index < -0.39 is 11.8 Å². The van der Waals surface area contributed by atoms with Gasteiger partial charge in [0, 0.05) is 0 Å². The second-order valence-corrected chi connectivity index (χ2v) is 4.06. The molecule has 1 aromatic heterocycles. The van der Waals surface area contributed by atoms with Crippen molar-refractivity contribution < 1.29 is 20.4 Å². The maximum absolute atomic E-state index is 9.43. The van der Waals surface area contributed by atoms with Crippen molar-refractivity contribution in [3.8, 4) is 0 Å². The molecular weight excluding hydrogens is 228 g/mol. The van der Waals surface area contributed by atoms with Crippen LogP contribution >= 0.6 is 0 Å². The van der Waals surface area contributed by atoms with Crippen molar-refractivity contribution in [2.24, 2.45) is 0 Å². The van der Waals surface area contributed by atoms with Crippen molar-refractivity contribution in [1.82, 2.24) is 10.3 Å². The molecule has 1 aromatic rings. The van der Waals surface area contributed by atoms with Crippen molar-refractivity contribution in [3.05, 3.63) is 18.3 Å². The van der Waals surface area contributed by atoms with E-state index in [2.05, 4.69) is 4.98 Å². The molecule has 0 aromatic carbocycles. The summed E-state index contributed by atoms with van der Waals surface area (Å²) in [6.45, 7) is -0.469. The Morgan fingerprint density at radius 2 is 1.76 bits per heavy atom. The maximum atomic E-state index is 9.43. The van der Waals surface area contributed by atoms with Gasteiger partial charge in [-0.2, -0.15) is 0 Å². The van der Waals surface area contributed by atoms with E-state index in [-0.39, 0.29) is 13.1 Å². The van der Waals surface area contributed by atoms with Crippen molar-refractivity contribution in [2.75, 3.05) is 23.7 Å². The molecule has 0 saturated carbocycles. The molecule has 0 bridgehead atoms. The largest absolute Gasteiger partial charge is 0.384 e. The zero-order valence-electron chi connectivity index (χ0n) is 8.91. The quantitative estimate of drug-likeness (QED) is 0.294. The van der Waals surface area contributed by atoms with Gasteiger partial charge in [0.25, 0.3) is 0 Å². The normalized spacial score (nSPS) is 22.5. The van der Waals surface area contributed by atoms with Crippen LogP contribution in [0.1, 0.15) is 0 Å². The summed E-state index contributed by atoms with van der Waals surface area (Å²) in [4.78, 5) is 5.20. The van der Waals surface area contributed by atoms with E-state index in [9.17, 15) is 20.4 Å². The van der Waals surface area contributed by atoms with Crippen molar-refractivity contribution in [2.45, 2.75) is 11.8 Å². The number of nitrogens with one attached hydrogen (secondary N) is 1. The standard InChI is InChI=1S/C9H14N4O4/c10-7-2-1-6(3-11-7)13-4-8(14,15)12-9(16,17)5-13/h1-3,12,14-17H,4-5H2,(H2,10,11). The number of aromatic nitrogens is 1. The Morgan fingerprint density at radius 1 is 1.18 bits per heavy atom. The third-order valence-electron chi connectivity index (χ3n) is 2.36. The van der Waals surface area contributed by atoms with Gasteiger partial charge < -0.3 is 31.1 Å². The Kier molecular flexibility index (Phi) is 2.68. The number of pyridine rings is 1. The number of hydrogen-bond acceptors (Lipinski definition) is 8. The number of nitrogen functional groups attached to an aromatic ring is 1. The van der Waals surface area contributed by atoms with Crippen LogP contribution in [-0.4, -0.2) is 50.3 Å². The summed E-state index contributed by atoms with van der Waals surface area (Å²) in [6.07, 6.45) is 1.41. The molecule has 0 amide bonds. The molecule has 1 aliphatic rings. The monoisotopic (exact) mass is 242 g/mol. The van der Waals surface area contributed by atoms with Crippen molar-refractivity contribution in [3.63, 3.8) is 0 Å². The fourth-order valence-electron chi connectivity index (χ4n) is 1.75. The molecule has 1 aliphatic heterocycles. The molecule has 8 nitrogen and oxygen atoms in total. The highest BCUT2D eigenvalue weighted by Gasteiger charge is 2.43. The van der Waals surface area contributed by atoms with Gasteiger partial charge in [-0.15, -0.1) is 0 Å². The van der Waals surface area contributed by atoms with Crippen LogP contribution in [0, 0.1) is 0 Å². The Labute approximate surface area is 96.9 Å². The lowest BCUT2D eigenvalue weighted by Gasteiger charge is -2.43. The molecule has 0 atom stereocenters. The van der Waals surface area contributed by atoms with Crippen LogP contribution in [0.5, 0.6) is 0 Å². The molecule has 2 rings (SSSR count). The molecule has 0 spiro atoms.